The Morgan fingerprint density at radius 1 is 1.12 bits per heavy atom. The van der Waals surface area contributed by atoms with Crippen LogP contribution >= 0.6 is 27.5 Å². The summed E-state index contributed by atoms with van der Waals surface area (Å²) in [7, 11) is -3.66. The third kappa shape index (κ3) is 6.66. The normalized spacial score (nSPS) is 11.1. The molecule has 0 saturated heterocycles. The molecule has 0 bridgehead atoms. The first kappa shape index (κ1) is 19.7. The molecule has 0 saturated carbocycles. The zero-order chi connectivity index (χ0) is 18.3. The van der Waals surface area contributed by atoms with Crippen LogP contribution in [-0.4, -0.2) is 34.0 Å². The number of nitrogens with one attached hydrogen (secondary N) is 2. The van der Waals surface area contributed by atoms with E-state index in [1.54, 1.807) is 36.4 Å². The molecule has 0 aliphatic heterocycles. The maximum Gasteiger partial charge on any atom is 0.257 e. The first-order valence-corrected chi connectivity index (χ1v) is 9.92. The fraction of sp³-hybridized carbons (Fsp3) is 0.188. The van der Waals surface area contributed by atoms with Gasteiger partial charge in [0.15, 0.2) is 6.61 Å². The van der Waals surface area contributed by atoms with Crippen LogP contribution in [0.25, 0.3) is 0 Å². The van der Waals surface area contributed by atoms with Gasteiger partial charge in [-0.2, -0.15) is 0 Å². The molecule has 0 heterocycles. The summed E-state index contributed by atoms with van der Waals surface area (Å²) in [5.74, 6) is 0.227. The van der Waals surface area contributed by atoms with Crippen molar-refractivity contribution >= 4 is 43.5 Å². The monoisotopic (exact) mass is 446 g/mol. The summed E-state index contributed by atoms with van der Waals surface area (Å²) < 4.78 is 32.7. The average Bonchev–Trinajstić information content (AvgIpc) is 2.58. The number of rotatable bonds is 8. The predicted octanol–water partition coefficient (Wildman–Crippen LogP) is 2.58. The van der Waals surface area contributed by atoms with Crippen LogP contribution in [0.2, 0.25) is 5.02 Å². The number of halogens is 2. The lowest BCUT2D eigenvalue weighted by Gasteiger charge is -2.09. The van der Waals surface area contributed by atoms with E-state index in [9.17, 15) is 13.2 Å². The van der Waals surface area contributed by atoms with E-state index in [-0.39, 0.29) is 30.5 Å². The minimum absolute atomic E-state index is 0.0544. The summed E-state index contributed by atoms with van der Waals surface area (Å²) >= 11 is 9.09. The Kier molecular flexibility index (Phi) is 7.24. The molecule has 6 nitrogen and oxygen atoms in total. The van der Waals surface area contributed by atoms with Gasteiger partial charge in [-0.1, -0.05) is 33.6 Å². The maximum atomic E-state index is 12.1. The average molecular weight is 448 g/mol. The highest BCUT2D eigenvalue weighted by molar-refractivity contribution is 9.10. The number of amides is 1. The van der Waals surface area contributed by atoms with E-state index >= 15 is 0 Å². The molecule has 2 rings (SSSR count). The minimum Gasteiger partial charge on any atom is -0.484 e. The summed E-state index contributed by atoms with van der Waals surface area (Å²) in [5.41, 5.74) is 0. The number of hydrogen-bond acceptors (Lipinski definition) is 4. The van der Waals surface area contributed by atoms with E-state index in [0.29, 0.717) is 10.8 Å². The standard InChI is InChI=1S/C16H16BrClN2O4S/c17-12-4-6-14(7-5-12)24-11-16(21)19-8-9-20-25(22,23)15-3-1-2-13(18)10-15/h1-7,10,20H,8-9,11H2,(H,19,21). The van der Waals surface area contributed by atoms with Crippen LogP contribution in [0.15, 0.2) is 57.9 Å². The topological polar surface area (TPSA) is 84.5 Å². The van der Waals surface area contributed by atoms with Crippen molar-refractivity contribution < 1.29 is 17.9 Å². The van der Waals surface area contributed by atoms with Gasteiger partial charge in [-0.3, -0.25) is 4.79 Å². The van der Waals surface area contributed by atoms with Crippen molar-refractivity contribution in [1.82, 2.24) is 10.0 Å². The van der Waals surface area contributed by atoms with Crippen molar-refractivity contribution in [1.29, 1.82) is 0 Å². The van der Waals surface area contributed by atoms with Gasteiger partial charge in [0.05, 0.1) is 4.90 Å². The van der Waals surface area contributed by atoms with Gasteiger partial charge in [-0.05, 0) is 42.5 Å². The number of hydrogen-bond donors (Lipinski definition) is 2. The molecule has 0 atom stereocenters. The quantitative estimate of drug-likeness (QED) is 0.609. The molecule has 0 aromatic heterocycles. The van der Waals surface area contributed by atoms with Crippen molar-refractivity contribution in [3.8, 4) is 5.75 Å². The summed E-state index contributed by atoms with van der Waals surface area (Å²) in [6, 6.07) is 13.0. The SMILES string of the molecule is O=C(COc1ccc(Br)cc1)NCCNS(=O)(=O)c1cccc(Cl)c1. The number of ether oxygens (including phenoxy) is 1. The lowest BCUT2D eigenvalue weighted by molar-refractivity contribution is -0.123. The lowest BCUT2D eigenvalue weighted by Crippen LogP contribution is -2.36. The van der Waals surface area contributed by atoms with Gasteiger partial charge in [0.1, 0.15) is 5.75 Å². The Morgan fingerprint density at radius 3 is 2.52 bits per heavy atom. The summed E-state index contributed by atoms with van der Waals surface area (Å²) in [5, 5.41) is 2.91. The number of carbonyl (C=O) groups is 1. The molecule has 134 valence electrons. The molecule has 1 amide bonds. The van der Waals surface area contributed by atoms with Gasteiger partial charge in [-0.15, -0.1) is 0 Å². The van der Waals surface area contributed by atoms with E-state index in [1.807, 2.05) is 0 Å². The molecule has 2 aromatic rings. The Bertz CT molecular complexity index is 828. The van der Waals surface area contributed by atoms with Crippen molar-refractivity contribution in [2.75, 3.05) is 19.7 Å². The van der Waals surface area contributed by atoms with Crippen LogP contribution < -0.4 is 14.8 Å². The largest absolute Gasteiger partial charge is 0.484 e. The Labute approximate surface area is 159 Å². The van der Waals surface area contributed by atoms with Gasteiger partial charge < -0.3 is 10.1 Å². The third-order valence-electron chi connectivity index (χ3n) is 3.03. The zero-order valence-corrected chi connectivity index (χ0v) is 16.2. The molecule has 9 heteroatoms. The van der Waals surface area contributed by atoms with E-state index in [1.165, 1.54) is 12.1 Å². The molecule has 0 spiro atoms. The molecular weight excluding hydrogens is 432 g/mol. The second-order valence-corrected chi connectivity index (χ2v) is 8.07. The van der Waals surface area contributed by atoms with Crippen molar-refractivity contribution in [3.05, 3.63) is 58.0 Å². The second kappa shape index (κ2) is 9.19. The minimum atomic E-state index is -3.66. The third-order valence-corrected chi connectivity index (χ3v) is 5.25. The van der Waals surface area contributed by atoms with Gasteiger partial charge in [0.2, 0.25) is 10.0 Å². The fourth-order valence-corrected chi connectivity index (χ4v) is 3.43. The highest BCUT2D eigenvalue weighted by Crippen LogP contribution is 2.16. The maximum absolute atomic E-state index is 12.1. The van der Waals surface area contributed by atoms with Gasteiger partial charge in [-0.25, -0.2) is 13.1 Å². The van der Waals surface area contributed by atoms with Crippen molar-refractivity contribution in [3.63, 3.8) is 0 Å². The van der Waals surface area contributed by atoms with Gasteiger partial charge >= 0.3 is 0 Å². The predicted molar refractivity (Wildman–Crippen MR) is 99.3 cm³/mol. The Hall–Kier alpha value is -1.61. The first-order valence-electron chi connectivity index (χ1n) is 7.27. The highest BCUT2D eigenvalue weighted by atomic mass is 79.9. The molecule has 2 N–H and O–H groups in total. The summed E-state index contributed by atoms with van der Waals surface area (Å²) in [6.45, 7) is 0.0455. The molecule has 2 aromatic carbocycles. The smallest absolute Gasteiger partial charge is 0.257 e. The molecule has 0 fully saturated rings. The molecule has 0 unspecified atom stereocenters. The van der Waals surface area contributed by atoms with E-state index in [4.69, 9.17) is 16.3 Å². The molecular formula is C16H16BrClN2O4S. The first-order chi connectivity index (χ1) is 11.9. The fourth-order valence-electron chi connectivity index (χ4n) is 1.84. The van der Waals surface area contributed by atoms with Crippen LogP contribution in [0.3, 0.4) is 0 Å². The number of benzene rings is 2. The Morgan fingerprint density at radius 2 is 1.84 bits per heavy atom. The molecule has 25 heavy (non-hydrogen) atoms. The number of carbonyl (C=O) groups excluding carboxylic acids is 1. The lowest BCUT2D eigenvalue weighted by atomic mass is 10.3. The highest BCUT2D eigenvalue weighted by Gasteiger charge is 2.13. The number of sulfonamides is 1. The van der Waals surface area contributed by atoms with Crippen LogP contribution in [0, 0.1) is 0 Å². The van der Waals surface area contributed by atoms with Crippen LogP contribution in [-0.2, 0) is 14.8 Å². The molecule has 0 aliphatic rings. The molecule has 0 radical (unpaired) electrons. The van der Waals surface area contributed by atoms with Crippen LogP contribution in [0.4, 0.5) is 0 Å². The Balaban J connectivity index is 1.71. The van der Waals surface area contributed by atoms with Crippen LogP contribution in [0.5, 0.6) is 5.75 Å². The summed E-state index contributed by atoms with van der Waals surface area (Å²) in [6.07, 6.45) is 0. The van der Waals surface area contributed by atoms with Crippen LogP contribution in [0.1, 0.15) is 0 Å². The van der Waals surface area contributed by atoms with Crippen molar-refractivity contribution in [2.45, 2.75) is 4.90 Å². The molecule has 0 aliphatic carbocycles. The van der Waals surface area contributed by atoms with Gasteiger partial charge in [0, 0.05) is 22.6 Å². The van der Waals surface area contributed by atoms with E-state index < -0.39 is 10.0 Å². The van der Waals surface area contributed by atoms with Gasteiger partial charge in [0.25, 0.3) is 5.91 Å². The van der Waals surface area contributed by atoms with Crippen molar-refractivity contribution in [2.24, 2.45) is 0 Å². The van der Waals surface area contributed by atoms with E-state index in [2.05, 4.69) is 26.0 Å². The zero-order valence-electron chi connectivity index (χ0n) is 13.0. The van der Waals surface area contributed by atoms with E-state index in [0.717, 1.165) is 4.47 Å². The summed E-state index contributed by atoms with van der Waals surface area (Å²) in [4.78, 5) is 11.8. The second-order valence-electron chi connectivity index (χ2n) is 4.95.